The normalized spacial score (nSPS) is 14.3. The lowest BCUT2D eigenvalue weighted by atomic mass is 9.78. The largest absolute Gasteiger partial charge is 0.488 e. The van der Waals surface area contributed by atoms with Crippen LogP contribution in [0, 0.1) is 23.3 Å². The van der Waals surface area contributed by atoms with Crippen LogP contribution in [0.5, 0.6) is 23.0 Å². The van der Waals surface area contributed by atoms with Gasteiger partial charge < -0.3 is 24.7 Å². The van der Waals surface area contributed by atoms with Crippen LogP contribution >= 0.6 is 0 Å². The molecule has 0 aromatic heterocycles. The van der Waals surface area contributed by atoms with Gasteiger partial charge in [-0.25, -0.2) is 26.5 Å². The number of nitrogens with one attached hydrogen (secondary N) is 1. The van der Waals surface area contributed by atoms with Crippen LogP contribution in [0.3, 0.4) is 0 Å². The Balaban J connectivity index is 0.000000278. The molecule has 0 radical (unpaired) electrons. The zero-order chi connectivity index (χ0) is 55.0. The number of halogens is 12. The second kappa shape index (κ2) is 24.0. The molecule has 0 spiro atoms. The van der Waals surface area contributed by atoms with Gasteiger partial charge in [-0.1, -0.05) is 72.8 Å². The third-order valence-corrected chi connectivity index (χ3v) is 12.5. The van der Waals surface area contributed by atoms with Gasteiger partial charge >= 0.3 is 25.1 Å². The highest BCUT2D eigenvalue weighted by atomic mass is 32.2. The number of rotatable bonds is 20. The van der Waals surface area contributed by atoms with Gasteiger partial charge in [-0.05, 0) is 143 Å². The van der Waals surface area contributed by atoms with Crippen molar-refractivity contribution >= 4 is 11.0 Å². The van der Waals surface area contributed by atoms with Crippen molar-refractivity contribution in [3.8, 4) is 23.0 Å². The van der Waals surface area contributed by atoms with Crippen LogP contribution < -0.4 is 29.4 Å². The summed E-state index contributed by atoms with van der Waals surface area (Å²) in [6.07, 6.45) is -18.8. The van der Waals surface area contributed by atoms with Crippen LogP contribution in [0.1, 0.15) is 81.8 Å². The lowest BCUT2D eigenvalue weighted by molar-refractivity contribution is -0.253. The first-order chi connectivity index (χ1) is 34.4. The molecule has 0 amide bonds. The van der Waals surface area contributed by atoms with Gasteiger partial charge in [-0.15, -0.1) is 0 Å². The van der Waals surface area contributed by atoms with E-state index in [0.717, 1.165) is 36.4 Å². The highest BCUT2D eigenvalue weighted by molar-refractivity contribution is 7.84. The molecule has 74 heavy (non-hydrogen) atoms. The van der Waals surface area contributed by atoms with Crippen LogP contribution in [-0.4, -0.2) is 46.2 Å². The molecule has 0 aliphatic carbocycles. The molecular weight excluding hydrogens is 1020 g/mol. The maximum Gasteiger partial charge on any atom is 0.461 e. The van der Waals surface area contributed by atoms with E-state index in [4.69, 9.17) is 15.2 Å². The zero-order valence-electron chi connectivity index (χ0n) is 41.0. The lowest BCUT2D eigenvalue weighted by Crippen LogP contribution is -2.50. The van der Waals surface area contributed by atoms with Crippen LogP contribution in [0.15, 0.2) is 133 Å². The zero-order valence-corrected chi connectivity index (χ0v) is 41.8. The standard InChI is InChI=1S/C29H31F6NO3S.C25H23F6NO2/c1-18(2)38-25-12-11-20(15-24(25)31)28(36-40(37)27(3,4)5,17-19-9-7-6-8-10-19)21-13-22(30)16-23(14-21)39-29(34,35)26(32)33;1-15(2)33-22-9-8-17(12-21(22)27)24(32,14-16-6-4-3-5-7-16)18-10-19(26)13-20(11-18)34-25(30,31)23(28)29/h6-16,18,26,36H,17H2,1-5H3;3-13,15,23H,14,32H2,1-2H3/t28-,40-;24-/m11/s1. The Morgan fingerprint density at radius 1 is 0.527 bits per heavy atom. The van der Waals surface area contributed by atoms with Crippen LogP contribution in [0.2, 0.25) is 0 Å². The van der Waals surface area contributed by atoms with Crippen LogP contribution in [0.4, 0.5) is 52.7 Å². The molecule has 0 bridgehead atoms. The Kier molecular flexibility index (Phi) is 19.0. The molecule has 6 aromatic carbocycles. The SMILES string of the molecule is CC(C)Oc1ccc([C@@](Cc2ccccc2)(N[S@](=O)C(C)(C)C)c2cc(F)cc(OC(F)(F)C(F)F)c2)cc1F.CC(C)Oc1ccc([C@](N)(Cc2ccccc2)c2cc(F)cc(OC(F)(F)C(F)F)c2)cc1F. The fraction of sp³-hybridized carbons (Fsp3) is 0.333. The van der Waals surface area contributed by atoms with Gasteiger partial charge in [0.15, 0.2) is 23.1 Å². The van der Waals surface area contributed by atoms with Crippen LogP contribution in [0.25, 0.3) is 0 Å². The topological polar surface area (TPSA) is 92.0 Å². The van der Waals surface area contributed by atoms with Crippen molar-refractivity contribution in [2.24, 2.45) is 5.73 Å². The number of nitrogens with two attached hydrogens (primary N) is 1. The van der Waals surface area contributed by atoms with Crippen molar-refractivity contribution < 1.29 is 75.8 Å². The molecule has 400 valence electrons. The van der Waals surface area contributed by atoms with Gasteiger partial charge in [-0.3, -0.25) is 0 Å². The second-order valence-corrected chi connectivity index (χ2v) is 20.6. The fourth-order valence-electron chi connectivity index (χ4n) is 7.42. The predicted molar refractivity (Wildman–Crippen MR) is 257 cm³/mol. The van der Waals surface area contributed by atoms with E-state index >= 15 is 4.39 Å². The maximum atomic E-state index is 15.3. The van der Waals surface area contributed by atoms with Crippen molar-refractivity contribution in [3.05, 3.63) is 190 Å². The van der Waals surface area contributed by atoms with E-state index < -0.39 is 86.6 Å². The first-order valence-electron chi connectivity index (χ1n) is 22.8. The van der Waals surface area contributed by atoms with Gasteiger partial charge in [0.25, 0.3) is 0 Å². The molecule has 3 N–H and O–H groups in total. The summed E-state index contributed by atoms with van der Waals surface area (Å²) >= 11 is 0. The van der Waals surface area contributed by atoms with E-state index in [1.54, 1.807) is 109 Å². The van der Waals surface area contributed by atoms with Gasteiger partial charge in [0, 0.05) is 12.1 Å². The third-order valence-electron chi connectivity index (χ3n) is 10.8. The highest BCUT2D eigenvalue weighted by Crippen LogP contribution is 2.41. The lowest BCUT2D eigenvalue weighted by Gasteiger charge is -2.38. The summed E-state index contributed by atoms with van der Waals surface area (Å²) in [6.45, 7) is 11.9. The van der Waals surface area contributed by atoms with Gasteiger partial charge in [-0.2, -0.15) is 35.1 Å². The fourth-order valence-corrected chi connectivity index (χ4v) is 8.35. The summed E-state index contributed by atoms with van der Waals surface area (Å²) in [7, 11) is -1.88. The molecule has 0 saturated heterocycles. The minimum atomic E-state index is -4.91. The molecule has 20 heteroatoms. The summed E-state index contributed by atoms with van der Waals surface area (Å²) in [5, 5.41) is 0. The minimum Gasteiger partial charge on any atom is -0.488 e. The van der Waals surface area contributed by atoms with E-state index in [0.29, 0.717) is 23.3 Å². The summed E-state index contributed by atoms with van der Waals surface area (Å²) in [6, 6.07) is 30.2. The second-order valence-electron chi connectivity index (χ2n) is 18.6. The molecule has 6 aromatic rings. The highest BCUT2D eigenvalue weighted by Gasteiger charge is 2.46. The maximum absolute atomic E-state index is 15.3. The first kappa shape index (κ1) is 58.6. The smallest absolute Gasteiger partial charge is 0.461 e. The third kappa shape index (κ3) is 15.2. The number of hydrogen-bond donors (Lipinski definition) is 2. The summed E-state index contributed by atoms with van der Waals surface area (Å²) in [5.41, 5.74) is 4.80. The van der Waals surface area contributed by atoms with Crippen LogP contribution in [-0.2, 0) is 34.9 Å². The molecule has 0 aliphatic rings. The first-order valence-corrected chi connectivity index (χ1v) is 23.9. The summed E-state index contributed by atoms with van der Waals surface area (Å²) in [4.78, 5) is 0. The monoisotopic (exact) mass is 1070 g/mol. The van der Waals surface area contributed by atoms with E-state index in [9.17, 15) is 52.5 Å². The number of alkyl halides is 8. The van der Waals surface area contributed by atoms with Crippen molar-refractivity contribution in [2.75, 3.05) is 0 Å². The molecule has 7 nitrogen and oxygen atoms in total. The van der Waals surface area contributed by atoms with E-state index in [1.165, 1.54) is 24.3 Å². The van der Waals surface area contributed by atoms with E-state index in [-0.39, 0.29) is 58.8 Å². The molecule has 0 unspecified atom stereocenters. The van der Waals surface area contributed by atoms with Gasteiger partial charge in [0.2, 0.25) is 0 Å². The number of benzene rings is 6. The quantitative estimate of drug-likeness (QED) is 0.0740. The Morgan fingerprint density at radius 2 is 0.932 bits per heavy atom. The Labute approximate surface area is 423 Å². The Bertz CT molecular complexity index is 2840. The molecule has 0 saturated carbocycles. The van der Waals surface area contributed by atoms with Gasteiger partial charge in [0.05, 0.1) is 39.0 Å². The van der Waals surface area contributed by atoms with E-state index in [2.05, 4.69) is 14.2 Å². The molecular formula is C54H54F12N2O5S. The number of ether oxygens (including phenoxy) is 4. The van der Waals surface area contributed by atoms with Crippen molar-refractivity contribution in [1.29, 1.82) is 0 Å². The van der Waals surface area contributed by atoms with Crippen molar-refractivity contribution in [1.82, 2.24) is 4.72 Å². The van der Waals surface area contributed by atoms with E-state index in [1.807, 2.05) is 0 Å². The van der Waals surface area contributed by atoms with Gasteiger partial charge in [0.1, 0.15) is 23.1 Å². The summed E-state index contributed by atoms with van der Waals surface area (Å²) in [5.74, 6) is -5.45. The molecule has 0 aliphatic heterocycles. The molecule has 0 heterocycles. The Hall–Kier alpha value is -6.25. The summed E-state index contributed by atoms with van der Waals surface area (Å²) < 4.78 is 200. The predicted octanol–water partition coefficient (Wildman–Crippen LogP) is 14.0. The van der Waals surface area contributed by atoms with Crippen molar-refractivity contribution in [2.45, 2.75) is 114 Å². The van der Waals surface area contributed by atoms with Crippen molar-refractivity contribution in [3.63, 3.8) is 0 Å². The molecule has 6 rings (SSSR count). The minimum absolute atomic E-state index is 0.00575. The number of hydrogen-bond acceptors (Lipinski definition) is 6. The average molecular weight is 1070 g/mol. The average Bonchev–Trinajstić information content (AvgIpc) is 3.29. The Morgan fingerprint density at radius 3 is 1.35 bits per heavy atom. The molecule has 0 fully saturated rings. The molecule has 3 atom stereocenters.